The molecule has 10 heteroatoms. The van der Waals surface area contributed by atoms with E-state index in [-0.39, 0.29) is 27.2 Å². The van der Waals surface area contributed by atoms with Crippen LogP contribution in [0.3, 0.4) is 0 Å². The van der Waals surface area contributed by atoms with E-state index in [0.29, 0.717) is 11.4 Å². The summed E-state index contributed by atoms with van der Waals surface area (Å²) in [5.74, 6) is -1.37. The summed E-state index contributed by atoms with van der Waals surface area (Å²) in [4.78, 5) is 27.2. The van der Waals surface area contributed by atoms with Gasteiger partial charge < -0.3 is 15.2 Å². The van der Waals surface area contributed by atoms with Crippen molar-refractivity contribution >= 4 is 40.2 Å². The lowest BCUT2D eigenvalue weighted by Crippen LogP contribution is -2.14. The summed E-state index contributed by atoms with van der Waals surface area (Å²) in [6, 6.07) is 10.6. The highest BCUT2D eigenvalue weighted by Gasteiger charge is 2.33. The number of benzene rings is 2. The zero-order chi connectivity index (χ0) is 21.9. The number of anilines is 1. The van der Waals surface area contributed by atoms with Crippen LogP contribution in [0.1, 0.15) is 15.9 Å². The highest BCUT2D eigenvalue weighted by atomic mass is 32.2. The molecule has 1 heterocycles. The van der Waals surface area contributed by atoms with E-state index < -0.39 is 23.6 Å². The van der Waals surface area contributed by atoms with Crippen LogP contribution in [0.2, 0.25) is 0 Å². The number of carbonyl (C=O) groups excluding carboxylic acids is 1. The molecule has 0 bridgehead atoms. The number of carboxylic acids is 1. The predicted octanol–water partition coefficient (Wildman–Crippen LogP) is 4.69. The Morgan fingerprint density at radius 1 is 1.13 bits per heavy atom. The summed E-state index contributed by atoms with van der Waals surface area (Å²) in [6.45, 7) is 0. The number of methoxy groups -OCH3 is 1. The highest BCUT2D eigenvalue weighted by molar-refractivity contribution is 7.99. The molecule has 0 fully saturated rings. The topological polar surface area (TPSA) is 88.5 Å². The number of fused-ring (bicyclic) bond motifs is 1. The number of carbonyl (C=O) groups is 2. The number of hydrogen-bond donors (Lipinski definition) is 2. The second-order valence-electron chi connectivity index (χ2n) is 6.11. The van der Waals surface area contributed by atoms with Crippen molar-refractivity contribution < 1.29 is 32.6 Å². The van der Waals surface area contributed by atoms with Crippen LogP contribution in [0.15, 0.2) is 53.6 Å². The molecule has 3 rings (SSSR count). The van der Waals surface area contributed by atoms with Gasteiger partial charge in [0.15, 0.2) is 0 Å². The normalized spacial score (nSPS) is 11.3. The number of pyridine rings is 1. The van der Waals surface area contributed by atoms with Crippen LogP contribution in [0.5, 0.6) is 5.75 Å². The first-order valence-corrected chi connectivity index (χ1v) is 9.48. The largest absolute Gasteiger partial charge is 0.497 e. The number of rotatable bonds is 6. The number of thioether (sulfide) groups is 1. The Morgan fingerprint density at radius 2 is 1.83 bits per heavy atom. The fraction of sp³-hybridized carbons (Fsp3) is 0.150. The van der Waals surface area contributed by atoms with Crippen molar-refractivity contribution in [3.05, 3.63) is 59.7 Å². The fourth-order valence-corrected chi connectivity index (χ4v) is 3.37. The molecule has 0 spiro atoms. The molecule has 0 radical (unpaired) electrons. The summed E-state index contributed by atoms with van der Waals surface area (Å²) >= 11 is 0.856. The van der Waals surface area contributed by atoms with Crippen molar-refractivity contribution in [2.24, 2.45) is 0 Å². The number of aromatic nitrogens is 1. The number of nitrogens with one attached hydrogen (secondary N) is 1. The Labute approximate surface area is 173 Å². The number of hydrogen-bond acceptors (Lipinski definition) is 5. The number of alkyl halides is 3. The first-order chi connectivity index (χ1) is 14.2. The van der Waals surface area contributed by atoms with Gasteiger partial charge in [-0.2, -0.15) is 13.2 Å². The quantitative estimate of drug-likeness (QED) is 0.545. The number of amides is 1. The Bertz CT molecular complexity index is 1100. The van der Waals surface area contributed by atoms with E-state index in [1.54, 1.807) is 0 Å². The van der Waals surface area contributed by atoms with Crippen LogP contribution >= 0.6 is 11.8 Å². The van der Waals surface area contributed by atoms with E-state index in [9.17, 15) is 22.8 Å². The minimum Gasteiger partial charge on any atom is -0.497 e. The van der Waals surface area contributed by atoms with Crippen LogP contribution in [0.4, 0.5) is 18.9 Å². The molecular weight excluding hydrogens is 421 g/mol. The average Bonchev–Trinajstić information content (AvgIpc) is 2.70. The van der Waals surface area contributed by atoms with Gasteiger partial charge in [-0.3, -0.25) is 4.79 Å². The van der Waals surface area contributed by atoms with Gasteiger partial charge in [-0.05, 0) is 42.5 Å². The Hall–Kier alpha value is -3.27. The van der Waals surface area contributed by atoms with Gasteiger partial charge in [-0.1, -0.05) is 11.8 Å². The molecule has 1 amide bonds. The van der Waals surface area contributed by atoms with E-state index in [2.05, 4.69) is 10.3 Å². The van der Waals surface area contributed by atoms with Crippen LogP contribution in [0, 0.1) is 0 Å². The van der Waals surface area contributed by atoms with Gasteiger partial charge in [0.2, 0.25) is 5.91 Å². The minimum absolute atomic E-state index is 0.0412. The Kier molecular flexibility index (Phi) is 6.16. The zero-order valence-electron chi connectivity index (χ0n) is 15.5. The molecule has 0 saturated heterocycles. The first kappa shape index (κ1) is 21.4. The van der Waals surface area contributed by atoms with Crippen LogP contribution < -0.4 is 10.1 Å². The lowest BCUT2D eigenvalue weighted by Gasteiger charge is -2.13. The zero-order valence-corrected chi connectivity index (χ0v) is 16.3. The first-order valence-electron chi connectivity index (χ1n) is 8.49. The Balaban J connectivity index is 1.77. The lowest BCUT2D eigenvalue weighted by atomic mass is 10.1. The van der Waals surface area contributed by atoms with Crippen LogP contribution in [-0.4, -0.2) is 34.8 Å². The van der Waals surface area contributed by atoms with Gasteiger partial charge in [0.1, 0.15) is 5.75 Å². The van der Waals surface area contributed by atoms with Crippen molar-refractivity contribution in [2.45, 2.75) is 11.2 Å². The van der Waals surface area contributed by atoms with E-state index in [1.807, 2.05) is 0 Å². The molecule has 0 aliphatic heterocycles. The predicted molar refractivity (Wildman–Crippen MR) is 106 cm³/mol. The molecule has 0 aliphatic rings. The maximum Gasteiger partial charge on any atom is 0.417 e. The molecule has 2 aromatic carbocycles. The molecule has 2 N–H and O–H groups in total. The lowest BCUT2D eigenvalue weighted by molar-refractivity contribution is -0.136. The third kappa shape index (κ3) is 5.01. The van der Waals surface area contributed by atoms with Crippen molar-refractivity contribution in [3.63, 3.8) is 0 Å². The van der Waals surface area contributed by atoms with Gasteiger partial charge >= 0.3 is 12.1 Å². The van der Waals surface area contributed by atoms with Crippen LogP contribution in [-0.2, 0) is 11.0 Å². The summed E-state index contributed by atoms with van der Waals surface area (Å²) < 4.78 is 45.4. The molecule has 30 heavy (non-hydrogen) atoms. The van der Waals surface area contributed by atoms with Crippen LogP contribution in [0.25, 0.3) is 10.9 Å². The van der Waals surface area contributed by atoms with E-state index in [1.165, 1.54) is 49.6 Å². The molecule has 1 aromatic heterocycles. The number of aromatic carboxylic acids is 1. The van der Waals surface area contributed by atoms with Crippen molar-refractivity contribution in [1.29, 1.82) is 0 Å². The average molecular weight is 436 g/mol. The van der Waals surface area contributed by atoms with E-state index in [0.717, 1.165) is 17.8 Å². The summed E-state index contributed by atoms with van der Waals surface area (Å²) in [6.07, 6.45) is -4.58. The van der Waals surface area contributed by atoms with E-state index >= 15 is 0 Å². The molecule has 0 atom stereocenters. The highest BCUT2D eigenvalue weighted by Crippen LogP contribution is 2.37. The number of ether oxygens (including phenoxy) is 1. The third-order valence-corrected chi connectivity index (χ3v) is 4.98. The van der Waals surface area contributed by atoms with Gasteiger partial charge in [0.25, 0.3) is 0 Å². The SMILES string of the molecule is COc1ccc2c(C(F)(F)F)cc(SCC(=O)Nc3ccc(C(=O)O)cc3)nc2c1. The molecule has 3 aromatic rings. The third-order valence-electron chi connectivity index (χ3n) is 4.07. The number of carboxylic acid groups (broad SMARTS) is 1. The molecule has 0 unspecified atom stereocenters. The second-order valence-corrected chi connectivity index (χ2v) is 7.10. The Morgan fingerprint density at radius 3 is 2.43 bits per heavy atom. The van der Waals surface area contributed by atoms with Crippen molar-refractivity contribution in [3.8, 4) is 5.75 Å². The summed E-state index contributed by atoms with van der Waals surface area (Å²) in [7, 11) is 1.40. The number of nitrogens with zero attached hydrogens (tertiary/aromatic N) is 1. The van der Waals surface area contributed by atoms with Crippen molar-refractivity contribution in [2.75, 3.05) is 18.2 Å². The maximum atomic E-state index is 13.5. The fourth-order valence-electron chi connectivity index (χ4n) is 2.65. The number of halogens is 3. The van der Waals surface area contributed by atoms with Gasteiger partial charge in [-0.25, -0.2) is 9.78 Å². The standard InChI is InChI=1S/C20H15F3N2O4S/c1-29-13-6-7-14-15(20(21,22)23)9-18(25-16(14)8-13)30-10-17(26)24-12-4-2-11(3-5-12)19(27)28/h2-9H,10H2,1H3,(H,24,26)(H,27,28). The van der Waals surface area contributed by atoms with Crippen molar-refractivity contribution in [1.82, 2.24) is 4.98 Å². The summed E-state index contributed by atoms with van der Waals surface area (Å²) in [5, 5.41) is 11.4. The molecular formula is C20H15F3N2O4S. The second kappa shape index (κ2) is 8.62. The van der Waals surface area contributed by atoms with Gasteiger partial charge in [0, 0.05) is 17.1 Å². The van der Waals surface area contributed by atoms with Gasteiger partial charge in [-0.15, -0.1) is 0 Å². The molecule has 6 nitrogen and oxygen atoms in total. The molecule has 0 saturated carbocycles. The van der Waals surface area contributed by atoms with Gasteiger partial charge in [0.05, 0.1) is 34.5 Å². The maximum absolute atomic E-state index is 13.5. The monoisotopic (exact) mass is 436 g/mol. The molecule has 156 valence electrons. The van der Waals surface area contributed by atoms with E-state index in [4.69, 9.17) is 9.84 Å². The summed E-state index contributed by atoms with van der Waals surface area (Å²) in [5.41, 5.74) is -0.297. The smallest absolute Gasteiger partial charge is 0.417 e. The minimum atomic E-state index is -4.58. The molecule has 0 aliphatic carbocycles.